The van der Waals surface area contributed by atoms with Crippen molar-refractivity contribution in [3.05, 3.63) is 39.9 Å². The van der Waals surface area contributed by atoms with Crippen LogP contribution in [0.1, 0.15) is 17.7 Å². The van der Waals surface area contributed by atoms with Gasteiger partial charge in [-0.1, -0.05) is 6.07 Å². The molecule has 1 unspecified atom stereocenters. The molecule has 3 heterocycles. The number of amides is 3. The third-order valence-electron chi connectivity index (χ3n) is 4.08. The number of likely N-dealkylation sites (tertiary alicyclic amines) is 1. The lowest BCUT2D eigenvalue weighted by atomic mass is 9.97. The first-order valence-electron chi connectivity index (χ1n) is 8.12. The zero-order chi connectivity index (χ0) is 16.8. The van der Waals surface area contributed by atoms with E-state index in [1.807, 2.05) is 29.0 Å². The van der Waals surface area contributed by atoms with Crippen LogP contribution < -0.4 is 10.6 Å². The lowest BCUT2D eigenvalue weighted by molar-refractivity contribution is -0.126. The largest absolute Gasteiger partial charge is 0.355 e. The summed E-state index contributed by atoms with van der Waals surface area (Å²) in [6, 6.07) is 7.76. The topological polar surface area (TPSA) is 61.4 Å². The molecule has 128 valence electrons. The van der Waals surface area contributed by atoms with E-state index in [1.54, 1.807) is 16.2 Å². The molecule has 0 saturated carbocycles. The van der Waals surface area contributed by atoms with E-state index in [-0.39, 0.29) is 17.9 Å². The number of hydrogen-bond donors (Lipinski definition) is 2. The summed E-state index contributed by atoms with van der Waals surface area (Å²) in [5.74, 6) is -0.0589. The zero-order valence-electron chi connectivity index (χ0n) is 13.4. The van der Waals surface area contributed by atoms with Gasteiger partial charge < -0.3 is 10.2 Å². The Morgan fingerprint density at radius 3 is 2.79 bits per heavy atom. The highest BCUT2D eigenvalue weighted by Gasteiger charge is 2.28. The minimum Gasteiger partial charge on any atom is -0.355 e. The Morgan fingerprint density at radius 2 is 2.04 bits per heavy atom. The number of piperidine rings is 1. The van der Waals surface area contributed by atoms with E-state index in [0.29, 0.717) is 19.6 Å². The van der Waals surface area contributed by atoms with E-state index in [1.165, 1.54) is 16.2 Å². The first-order valence-corrected chi connectivity index (χ1v) is 9.88. The molecule has 2 aromatic rings. The van der Waals surface area contributed by atoms with Crippen LogP contribution in [0.15, 0.2) is 35.0 Å². The Kier molecular flexibility index (Phi) is 5.87. The molecule has 3 amide bonds. The van der Waals surface area contributed by atoms with Gasteiger partial charge in [0.2, 0.25) is 5.91 Å². The Balaban J connectivity index is 1.45. The number of thiophene rings is 2. The number of urea groups is 1. The minimum atomic E-state index is -0.117. The second kappa shape index (κ2) is 8.30. The van der Waals surface area contributed by atoms with E-state index in [2.05, 4.69) is 16.7 Å². The van der Waals surface area contributed by atoms with Crippen LogP contribution in [0.25, 0.3) is 0 Å². The molecule has 1 saturated heterocycles. The van der Waals surface area contributed by atoms with E-state index < -0.39 is 0 Å². The Morgan fingerprint density at radius 1 is 1.21 bits per heavy atom. The smallest absolute Gasteiger partial charge is 0.322 e. The monoisotopic (exact) mass is 363 g/mol. The molecule has 5 nitrogen and oxygen atoms in total. The third kappa shape index (κ3) is 4.58. The van der Waals surface area contributed by atoms with Gasteiger partial charge in [0.25, 0.3) is 0 Å². The molecule has 0 aromatic carbocycles. The maximum Gasteiger partial charge on any atom is 0.322 e. The van der Waals surface area contributed by atoms with Crippen molar-refractivity contribution in [3.63, 3.8) is 0 Å². The van der Waals surface area contributed by atoms with E-state index in [9.17, 15) is 9.59 Å². The average Bonchev–Trinajstić information content (AvgIpc) is 3.29. The molecule has 1 fully saturated rings. The summed E-state index contributed by atoms with van der Waals surface area (Å²) in [5.41, 5.74) is 0. The maximum atomic E-state index is 12.3. The summed E-state index contributed by atoms with van der Waals surface area (Å²) in [6.45, 7) is 1.84. The van der Waals surface area contributed by atoms with Crippen molar-refractivity contribution in [3.8, 4) is 0 Å². The molecule has 3 rings (SSSR count). The SMILES string of the molecule is O=C(NCCc1cccs1)C1CCCN(C(=O)Nc2cccs2)C1. The first-order chi connectivity index (χ1) is 11.7. The van der Waals surface area contributed by atoms with Crippen LogP contribution >= 0.6 is 22.7 Å². The maximum absolute atomic E-state index is 12.3. The molecule has 1 aliphatic rings. The van der Waals surface area contributed by atoms with Gasteiger partial charge in [-0.3, -0.25) is 10.1 Å². The predicted molar refractivity (Wildman–Crippen MR) is 98.7 cm³/mol. The van der Waals surface area contributed by atoms with Gasteiger partial charge in [-0.05, 0) is 48.2 Å². The summed E-state index contributed by atoms with van der Waals surface area (Å²) in [4.78, 5) is 27.7. The second-order valence-corrected chi connectivity index (χ2v) is 7.79. The molecule has 0 radical (unpaired) electrons. The summed E-state index contributed by atoms with van der Waals surface area (Å²) in [7, 11) is 0. The van der Waals surface area contributed by atoms with Crippen LogP contribution in [0.3, 0.4) is 0 Å². The Bertz CT molecular complexity index is 655. The van der Waals surface area contributed by atoms with Crippen molar-refractivity contribution in [2.24, 2.45) is 5.92 Å². The number of nitrogens with one attached hydrogen (secondary N) is 2. The minimum absolute atomic E-state index is 0.0557. The van der Waals surface area contributed by atoms with Crippen molar-refractivity contribution in [2.45, 2.75) is 19.3 Å². The molecule has 24 heavy (non-hydrogen) atoms. The van der Waals surface area contributed by atoms with E-state index in [0.717, 1.165) is 24.3 Å². The normalized spacial score (nSPS) is 17.5. The standard InChI is InChI=1S/C17H21N3O2S2/c21-16(18-8-7-14-5-2-10-23-14)13-4-1-9-20(12-13)17(22)19-15-6-3-11-24-15/h2-3,5-6,10-11,13H,1,4,7-9,12H2,(H,18,21)(H,19,22). The number of carbonyl (C=O) groups is 2. The van der Waals surface area contributed by atoms with E-state index >= 15 is 0 Å². The van der Waals surface area contributed by atoms with Gasteiger partial charge >= 0.3 is 6.03 Å². The lowest BCUT2D eigenvalue weighted by Crippen LogP contribution is -2.47. The molecule has 1 atom stereocenters. The van der Waals surface area contributed by atoms with E-state index in [4.69, 9.17) is 0 Å². The molecular formula is C17H21N3O2S2. The summed E-state index contributed by atoms with van der Waals surface area (Å²) in [5, 5.41) is 10.7. The van der Waals surface area contributed by atoms with Crippen LogP contribution in [0.4, 0.5) is 9.80 Å². The van der Waals surface area contributed by atoms with Crippen molar-refractivity contribution >= 4 is 39.6 Å². The van der Waals surface area contributed by atoms with Crippen LogP contribution in [0, 0.1) is 5.92 Å². The predicted octanol–water partition coefficient (Wildman–Crippen LogP) is 3.41. The number of rotatable bonds is 5. The lowest BCUT2D eigenvalue weighted by Gasteiger charge is -2.31. The number of carbonyl (C=O) groups excluding carboxylic acids is 2. The molecule has 2 aromatic heterocycles. The summed E-state index contributed by atoms with van der Waals surface area (Å²) in [6.07, 6.45) is 2.56. The summed E-state index contributed by atoms with van der Waals surface area (Å²) >= 11 is 3.20. The Labute approximate surface area is 149 Å². The summed E-state index contributed by atoms with van der Waals surface area (Å²) < 4.78 is 0. The molecule has 1 aliphatic heterocycles. The van der Waals surface area contributed by atoms with Gasteiger partial charge in [0.15, 0.2) is 0 Å². The number of anilines is 1. The quantitative estimate of drug-likeness (QED) is 0.855. The van der Waals surface area contributed by atoms with Gasteiger partial charge in [0, 0.05) is 24.5 Å². The van der Waals surface area contributed by atoms with Crippen molar-refractivity contribution in [1.29, 1.82) is 0 Å². The van der Waals surface area contributed by atoms with Gasteiger partial charge in [-0.15, -0.1) is 22.7 Å². The van der Waals surface area contributed by atoms with Crippen molar-refractivity contribution < 1.29 is 9.59 Å². The van der Waals surface area contributed by atoms with Gasteiger partial charge in [-0.25, -0.2) is 4.79 Å². The third-order valence-corrected chi connectivity index (χ3v) is 5.80. The highest BCUT2D eigenvalue weighted by atomic mass is 32.1. The fourth-order valence-electron chi connectivity index (χ4n) is 2.82. The number of nitrogens with zero attached hydrogens (tertiary/aromatic N) is 1. The van der Waals surface area contributed by atoms with Gasteiger partial charge in [0.1, 0.15) is 0 Å². The molecule has 0 bridgehead atoms. The fraction of sp³-hybridized carbons (Fsp3) is 0.412. The van der Waals surface area contributed by atoms with Gasteiger partial charge in [0.05, 0.1) is 10.9 Å². The van der Waals surface area contributed by atoms with Crippen LogP contribution in [-0.4, -0.2) is 36.5 Å². The van der Waals surface area contributed by atoms with Gasteiger partial charge in [-0.2, -0.15) is 0 Å². The van der Waals surface area contributed by atoms with Crippen LogP contribution in [-0.2, 0) is 11.2 Å². The number of hydrogen-bond acceptors (Lipinski definition) is 4. The average molecular weight is 364 g/mol. The molecule has 2 N–H and O–H groups in total. The molecule has 0 spiro atoms. The highest BCUT2D eigenvalue weighted by Crippen LogP contribution is 2.20. The van der Waals surface area contributed by atoms with Crippen molar-refractivity contribution in [1.82, 2.24) is 10.2 Å². The Hall–Kier alpha value is -1.86. The first kappa shape index (κ1) is 17.0. The zero-order valence-corrected chi connectivity index (χ0v) is 15.0. The van der Waals surface area contributed by atoms with Crippen LogP contribution in [0.2, 0.25) is 0 Å². The second-order valence-electron chi connectivity index (χ2n) is 5.81. The fourth-order valence-corrected chi connectivity index (χ4v) is 4.13. The van der Waals surface area contributed by atoms with Crippen molar-refractivity contribution in [2.75, 3.05) is 25.0 Å². The highest BCUT2D eigenvalue weighted by molar-refractivity contribution is 7.14. The molecule has 7 heteroatoms. The molecule has 0 aliphatic carbocycles. The van der Waals surface area contributed by atoms with Crippen LogP contribution in [0.5, 0.6) is 0 Å². The molecular weight excluding hydrogens is 342 g/mol.